The van der Waals surface area contributed by atoms with Gasteiger partial charge in [0.2, 0.25) is 0 Å². The van der Waals surface area contributed by atoms with E-state index in [4.69, 9.17) is 4.74 Å². The molecule has 1 aromatic rings. The highest BCUT2D eigenvalue weighted by Crippen LogP contribution is 2.29. The summed E-state index contributed by atoms with van der Waals surface area (Å²) < 4.78 is 4.95. The van der Waals surface area contributed by atoms with Crippen LogP contribution in [0.4, 0.5) is 0 Å². The van der Waals surface area contributed by atoms with Gasteiger partial charge in [0.15, 0.2) is 0 Å². The van der Waals surface area contributed by atoms with Crippen LogP contribution in [0.1, 0.15) is 36.5 Å². The molecule has 0 heterocycles. The highest BCUT2D eigenvalue weighted by atomic mass is 16.5. The predicted octanol–water partition coefficient (Wildman–Crippen LogP) is 3.14. The van der Waals surface area contributed by atoms with Crippen LogP contribution in [0.2, 0.25) is 0 Å². The van der Waals surface area contributed by atoms with Gasteiger partial charge in [-0.05, 0) is 48.4 Å². The van der Waals surface area contributed by atoms with Gasteiger partial charge in [0, 0.05) is 0 Å². The summed E-state index contributed by atoms with van der Waals surface area (Å²) >= 11 is 0. The van der Waals surface area contributed by atoms with Gasteiger partial charge in [0.1, 0.15) is 0 Å². The lowest BCUT2D eigenvalue weighted by Crippen LogP contribution is -2.09. The summed E-state index contributed by atoms with van der Waals surface area (Å²) in [6, 6.07) is 6.22. The van der Waals surface area contributed by atoms with Crippen molar-refractivity contribution in [1.82, 2.24) is 0 Å². The number of ether oxygens (including phenoxy) is 1. The summed E-state index contributed by atoms with van der Waals surface area (Å²) in [5.74, 6) is -0.151. The molecule has 0 bridgehead atoms. The van der Waals surface area contributed by atoms with E-state index < -0.39 is 0 Å². The van der Waals surface area contributed by atoms with Crippen molar-refractivity contribution >= 4 is 11.5 Å². The molecule has 0 aromatic heterocycles. The van der Waals surface area contributed by atoms with Gasteiger partial charge in [-0.15, -0.1) is 0 Å². The third-order valence-corrected chi connectivity index (χ3v) is 3.13. The minimum absolute atomic E-state index is 0.151. The number of rotatable bonds is 3. The maximum absolute atomic E-state index is 11.4. The van der Waals surface area contributed by atoms with Crippen LogP contribution in [0.25, 0.3) is 5.57 Å². The smallest absolute Gasteiger partial charge is 0.310 e. The van der Waals surface area contributed by atoms with Crippen molar-refractivity contribution in [2.75, 3.05) is 6.61 Å². The van der Waals surface area contributed by atoms with Crippen molar-refractivity contribution < 1.29 is 9.53 Å². The van der Waals surface area contributed by atoms with Crippen molar-refractivity contribution in [3.63, 3.8) is 0 Å². The number of fused-ring (bicyclic) bond motifs is 1. The number of benzene rings is 1. The van der Waals surface area contributed by atoms with E-state index in [1.165, 1.54) is 16.7 Å². The molecule has 0 amide bonds. The van der Waals surface area contributed by atoms with Gasteiger partial charge in [0.25, 0.3) is 0 Å². The van der Waals surface area contributed by atoms with E-state index in [9.17, 15) is 4.79 Å². The third-order valence-electron chi connectivity index (χ3n) is 3.13. The molecule has 2 heteroatoms. The van der Waals surface area contributed by atoms with E-state index >= 15 is 0 Å². The van der Waals surface area contributed by atoms with Gasteiger partial charge in [-0.1, -0.05) is 24.8 Å². The zero-order chi connectivity index (χ0) is 12.3. The van der Waals surface area contributed by atoms with E-state index in [1.54, 1.807) is 0 Å². The summed E-state index contributed by atoms with van der Waals surface area (Å²) in [5, 5.41) is 0. The Morgan fingerprint density at radius 3 is 3.00 bits per heavy atom. The molecule has 0 saturated carbocycles. The molecule has 0 radical (unpaired) electrons. The van der Waals surface area contributed by atoms with Crippen LogP contribution in [0.3, 0.4) is 0 Å². The quantitative estimate of drug-likeness (QED) is 0.746. The zero-order valence-electron chi connectivity index (χ0n) is 10.3. The Kier molecular flexibility index (Phi) is 3.62. The molecule has 0 unspecified atom stereocenters. The van der Waals surface area contributed by atoms with Gasteiger partial charge in [0.05, 0.1) is 13.0 Å². The molecule has 1 aliphatic carbocycles. The highest BCUT2D eigenvalue weighted by molar-refractivity contribution is 5.74. The number of allylic oxidation sites excluding steroid dienone is 1. The molecule has 1 aliphatic rings. The van der Waals surface area contributed by atoms with Gasteiger partial charge in [-0.2, -0.15) is 0 Å². The minimum atomic E-state index is -0.151. The summed E-state index contributed by atoms with van der Waals surface area (Å²) in [5.41, 5.74) is 4.85. The van der Waals surface area contributed by atoms with Crippen LogP contribution >= 0.6 is 0 Å². The molecule has 0 spiro atoms. The number of carbonyl (C=O) groups excluding carboxylic acids is 1. The van der Waals surface area contributed by atoms with Gasteiger partial charge in [-0.3, -0.25) is 4.79 Å². The summed E-state index contributed by atoms with van der Waals surface area (Å²) in [6.45, 7) is 6.36. The second-order valence-corrected chi connectivity index (χ2v) is 4.43. The van der Waals surface area contributed by atoms with Crippen molar-refractivity contribution in [3.8, 4) is 0 Å². The van der Waals surface area contributed by atoms with E-state index in [2.05, 4.69) is 18.7 Å². The molecule has 2 nitrogen and oxygen atoms in total. The number of hydrogen-bond donors (Lipinski definition) is 0. The Morgan fingerprint density at radius 2 is 2.24 bits per heavy atom. The van der Waals surface area contributed by atoms with Crippen molar-refractivity contribution in [2.24, 2.45) is 0 Å². The van der Waals surface area contributed by atoms with Crippen LogP contribution in [0.15, 0.2) is 24.8 Å². The molecule has 2 rings (SSSR count). The largest absolute Gasteiger partial charge is 0.466 e. The first-order valence-corrected chi connectivity index (χ1v) is 6.16. The first-order valence-electron chi connectivity index (χ1n) is 6.16. The summed E-state index contributed by atoms with van der Waals surface area (Å²) in [6.07, 6.45) is 3.71. The fourth-order valence-corrected chi connectivity index (χ4v) is 2.31. The number of hydrogen-bond acceptors (Lipinski definition) is 2. The highest BCUT2D eigenvalue weighted by Gasteiger charge is 2.13. The molecular formula is C15H18O2. The molecular weight excluding hydrogens is 212 g/mol. The molecule has 0 fully saturated rings. The minimum Gasteiger partial charge on any atom is -0.466 e. The fraction of sp³-hybridized carbons (Fsp3) is 0.400. The molecule has 0 aliphatic heterocycles. The zero-order valence-corrected chi connectivity index (χ0v) is 10.3. The molecule has 90 valence electrons. The molecule has 0 atom stereocenters. The summed E-state index contributed by atoms with van der Waals surface area (Å²) in [4.78, 5) is 11.4. The van der Waals surface area contributed by atoms with Gasteiger partial charge < -0.3 is 4.74 Å². The molecule has 17 heavy (non-hydrogen) atoms. The van der Waals surface area contributed by atoms with Crippen LogP contribution in [0, 0.1) is 0 Å². The Morgan fingerprint density at radius 1 is 1.41 bits per heavy atom. The van der Waals surface area contributed by atoms with Crippen molar-refractivity contribution in [2.45, 2.75) is 32.6 Å². The average molecular weight is 230 g/mol. The lowest BCUT2D eigenvalue weighted by Gasteiger charge is -2.18. The van der Waals surface area contributed by atoms with E-state index in [0.717, 1.165) is 24.8 Å². The van der Waals surface area contributed by atoms with E-state index in [0.29, 0.717) is 13.0 Å². The SMILES string of the molecule is C=C1CCCc2cc(CC(=O)OCC)ccc21. The predicted molar refractivity (Wildman–Crippen MR) is 68.8 cm³/mol. The van der Waals surface area contributed by atoms with Crippen molar-refractivity contribution in [1.29, 1.82) is 0 Å². The summed E-state index contributed by atoms with van der Waals surface area (Å²) in [7, 11) is 0. The molecule has 0 N–H and O–H groups in total. The number of aryl methyl sites for hydroxylation is 1. The third kappa shape index (κ3) is 2.76. The van der Waals surface area contributed by atoms with Gasteiger partial charge in [-0.25, -0.2) is 0 Å². The number of esters is 1. The second kappa shape index (κ2) is 5.17. The molecule has 0 saturated heterocycles. The molecule has 1 aromatic carbocycles. The van der Waals surface area contributed by atoms with Crippen LogP contribution in [0.5, 0.6) is 0 Å². The first-order chi connectivity index (χ1) is 8.20. The van der Waals surface area contributed by atoms with Crippen LogP contribution in [-0.2, 0) is 22.4 Å². The monoisotopic (exact) mass is 230 g/mol. The average Bonchev–Trinajstić information content (AvgIpc) is 2.29. The normalized spacial score (nSPS) is 14.3. The Balaban J connectivity index is 2.16. The lowest BCUT2D eigenvalue weighted by molar-refractivity contribution is -0.142. The van der Waals surface area contributed by atoms with Crippen molar-refractivity contribution in [3.05, 3.63) is 41.5 Å². The van der Waals surface area contributed by atoms with E-state index in [1.807, 2.05) is 13.0 Å². The lowest BCUT2D eigenvalue weighted by atomic mass is 9.87. The van der Waals surface area contributed by atoms with Gasteiger partial charge >= 0.3 is 5.97 Å². The van der Waals surface area contributed by atoms with Crippen LogP contribution in [-0.4, -0.2) is 12.6 Å². The maximum Gasteiger partial charge on any atom is 0.310 e. The Labute approximate surface area is 102 Å². The Bertz CT molecular complexity index is 446. The maximum atomic E-state index is 11.4. The first kappa shape index (κ1) is 11.9. The number of carbonyl (C=O) groups is 1. The van der Waals surface area contributed by atoms with E-state index in [-0.39, 0.29) is 5.97 Å². The Hall–Kier alpha value is -1.57. The van der Waals surface area contributed by atoms with Crippen LogP contribution < -0.4 is 0 Å². The standard InChI is InChI=1S/C15H18O2/c1-3-17-15(16)10-12-7-8-14-11(2)5-4-6-13(14)9-12/h7-9H,2-6,10H2,1H3. The second-order valence-electron chi connectivity index (χ2n) is 4.43. The topological polar surface area (TPSA) is 26.3 Å². The fourth-order valence-electron chi connectivity index (χ4n) is 2.31.